The molecule has 1 aliphatic carbocycles. The number of nitrogens with one attached hydrogen (secondary N) is 3. The Morgan fingerprint density at radius 2 is 2.09 bits per heavy atom. The van der Waals surface area contributed by atoms with E-state index in [-0.39, 0.29) is 5.91 Å². The molecule has 1 amide bonds. The molecule has 0 saturated heterocycles. The van der Waals surface area contributed by atoms with Crippen molar-refractivity contribution in [3.05, 3.63) is 47.5 Å². The fourth-order valence-electron chi connectivity index (χ4n) is 2.37. The number of guanidine groups is 1. The average Bonchev–Trinajstić information content (AvgIpc) is 3.05. The van der Waals surface area contributed by atoms with Crippen molar-refractivity contribution in [2.24, 2.45) is 4.99 Å². The van der Waals surface area contributed by atoms with Crippen LogP contribution < -0.4 is 16.0 Å². The average molecular weight is 300 g/mol. The predicted molar refractivity (Wildman–Crippen MR) is 89.9 cm³/mol. The molecule has 0 radical (unpaired) electrons. The van der Waals surface area contributed by atoms with Crippen LogP contribution in [0.25, 0.3) is 0 Å². The Morgan fingerprint density at radius 1 is 1.32 bits per heavy atom. The normalized spacial score (nSPS) is 14.9. The van der Waals surface area contributed by atoms with E-state index in [1.807, 2.05) is 18.2 Å². The van der Waals surface area contributed by atoms with Crippen LogP contribution in [0.3, 0.4) is 0 Å². The van der Waals surface area contributed by atoms with Crippen molar-refractivity contribution in [1.82, 2.24) is 16.0 Å². The van der Waals surface area contributed by atoms with E-state index >= 15 is 0 Å². The maximum absolute atomic E-state index is 11.7. The summed E-state index contributed by atoms with van der Waals surface area (Å²) < 4.78 is 0. The number of hydrogen-bond acceptors (Lipinski definition) is 2. The van der Waals surface area contributed by atoms with Crippen LogP contribution >= 0.6 is 0 Å². The summed E-state index contributed by atoms with van der Waals surface area (Å²) in [7, 11) is 1.63. The molecule has 2 rings (SSSR count). The highest BCUT2D eigenvalue weighted by atomic mass is 16.1. The summed E-state index contributed by atoms with van der Waals surface area (Å²) in [6.07, 6.45) is 6.45. The maximum Gasteiger partial charge on any atom is 0.251 e. The van der Waals surface area contributed by atoms with Crippen LogP contribution in [-0.4, -0.2) is 31.5 Å². The molecule has 3 N–H and O–H groups in total. The van der Waals surface area contributed by atoms with Gasteiger partial charge in [0, 0.05) is 25.2 Å². The first-order valence-electron chi connectivity index (χ1n) is 7.73. The van der Waals surface area contributed by atoms with Gasteiger partial charge in [0.15, 0.2) is 5.96 Å². The van der Waals surface area contributed by atoms with Gasteiger partial charge in [0.1, 0.15) is 0 Å². The zero-order valence-electron chi connectivity index (χ0n) is 13.2. The maximum atomic E-state index is 11.7. The Bertz CT molecular complexity index is 558. The standard InChI is InChI=1S/C17H24N4O/c1-3-19-17(21-15-9-4-5-10-15)20-12-13-7-6-8-14(11-13)16(22)18-2/h4-8,11,15H,3,9-10,12H2,1-2H3,(H,18,22)(H2,19,20,21). The minimum atomic E-state index is -0.0760. The molecule has 1 aliphatic rings. The minimum absolute atomic E-state index is 0.0760. The first-order chi connectivity index (χ1) is 10.7. The highest BCUT2D eigenvalue weighted by molar-refractivity contribution is 5.94. The summed E-state index contributed by atoms with van der Waals surface area (Å²) in [5.41, 5.74) is 1.68. The van der Waals surface area contributed by atoms with Crippen molar-refractivity contribution in [3.63, 3.8) is 0 Å². The number of aliphatic imine (C=N–C) groups is 1. The Morgan fingerprint density at radius 3 is 2.77 bits per heavy atom. The molecule has 22 heavy (non-hydrogen) atoms. The van der Waals surface area contributed by atoms with Crippen molar-refractivity contribution in [2.75, 3.05) is 13.6 Å². The summed E-state index contributed by atoms with van der Waals surface area (Å²) in [6, 6.07) is 7.98. The van der Waals surface area contributed by atoms with Gasteiger partial charge in [0.2, 0.25) is 0 Å². The number of rotatable bonds is 5. The van der Waals surface area contributed by atoms with E-state index < -0.39 is 0 Å². The van der Waals surface area contributed by atoms with E-state index in [2.05, 4.69) is 40.0 Å². The molecule has 5 nitrogen and oxygen atoms in total. The summed E-state index contributed by atoms with van der Waals surface area (Å²) in [4.78, 5) is 16.3. The second-order valence-electron chi connectivity index (χ2n) is 5.26. The molecule has 1 aromatic carbocycles. The third kappa shape index (κ3) is 4.62. The topological polar surface area (TPSA) is 65.5 Å². The quantitative estimate of drug-likeness (QED) is 0.441. The third-order valence-electron chi connectivity index (χ3n) is 3.53. The molecular formula is C17H24N4O. The Hall–Kier alpha value is -2.30. The monoisotopic (exact) mass is 300 g/mol. The fraction of sp³-hybridized carbons (Fsp3) is 0.412. The van der Waals surface area contributed by atoms with Gasteiger partial charge in [0.05, 0.1) is 6.54 Å². The lowest BCUT2D eigenvalue weighted by atomic mass is 10.1. The lowest BCUT2D eigenvalue weighted by molar-refractivity contribution is 0.0963. The predicted octanol–water partition coefficient (Wildman–Crippen LogP) is 1.82. The second-order valence-corrected chi connectivity index (χ2v) is 5.26. The molecule has 0 atom stereocenters. The summed E-state index contributed by atoms with van der Waals surface area (Å²) >= 11 is 0. The van der Waals surface area contributed by atoms with Crippen molar-refractivity contribution >= 4 is 11.9 Å². The molecule has 0 unspecified atom stereocenters. The van der Waals surface area contributed by atoms with Gasteiger partial charge in [-0.05, 0) is 37.5 Å². The molecule has 0 bridgehead atoms. The zero-order chi connectivity index (χ0) is 15.8. The zero-order valence-corrected chi connectivity index (χ0v) is 13.2. The molecule has 118 valence electrons. The van der Waals surface area contributed by atoms with Crippen LogP contribution in [0.2, 0.25) is 0 Å². The first-order valence-corrected chi connectivity index (χ1v) is 7.73. The van der Waals surface area contributed by atoms with Gasteiger partial charge in [-0.15, -0.1) is 0 Å². The molecule has 0 aromatic heterocycles. The number of nitrogens with zero attached hydrogens (tertiary/aromatic N) is 1. The summed E-state index contributed by atoms with van der Waals surface area (Å²) in [5, 5.41) is 9.33. The Balaban J connectivity index is 2.01. The van der Waals surface area contributed by atoms with Crippen molar-refractivity contribution < 1.29 is 4.79 Å². The van der Waals surface area contributed by atoms with Gasteiger partial charge in [-0.2, -0.15) is 0 Å². The highest BCUT2D eigenvalue weighted by Gasteiger charge is 2.11. The second kappa shape index (κ2) is 8.22. The van der Waals surface area contributed by atoms with Crippen LogP contribution in [-0.2, 0) is 6.54 Å². The highest BCUT2D eigenvalue weighted by Crippen LogP contribution is 2.09. The van der Waals surface area contributed by atoms with Crippen LogP contribution in [0.15, 0.2) is 41.4 Å². The van der Waals surface area contributed by atoms with E-state index in [0.29, 0.717) is 18.2 Å². The van der Waals surface area contributed by atoms with Gasteiger partial charge in [-0.1, -0.05) is 24.3 Å². The smallest absolute Gasteiger partial charge is 0.251 e. The minimum Gasteiger partial charge on any atom is -0.357 e. The lowest BCUT2D eigenvalue weighted by Gasteiger charge is -2.16. The molecule has 0 spiro atoms. The van der Waals surface area contributed by atoms with Crippen LogP contribution in [0, 0.1) is 0 Å². The van der Waals surface area contributed by atoms with Gasteiger partial charge < -0.3 is 16.0 Å². The van der Waals surface area contributed by atoms with Crippen LogP contribution in [0.1, 0.15) is 35.7 Å². The fourth-order valence-corrected chi connectivity index (χ4v) is 2.37. The van der Waals surface area contributed by atoms with Gasteiger partial charge in [-0.25, -0.2) is 4.99 Å². The Labute approximate surface area is 131 Å². The number of hydrogen-bond donors (Lipinski definition) is 3. The number of benzene rings is 1. The van der Waals surface area contributed by atoms with E-state index in [4.69, 9.17) is 0 Å². The molecule has 5 heteroatoms. The van der Waals surface area contributed by atoms with E-state index in [1.165, 1.54) is 0 Å². The SMILES string of the molecule is CCNC(=NCc1cccc(C(=O)NC)c1)NC1CC=CC1. The van der Waals surface area contributed by atoms with Gasteiger partial charge in [-0.3, -0.25) is 4.79 Å². The molecule has 1 aromatic rings. The summed E-state index contributed by atoms with van der Waals surface area (Å²) in [6.45, 7) is 3.42. The lowest BCUT2D eigenvalue weighted by Crippen LogP contribution is -2.42. The molecule has 0 saturated carbocycles. The first kappa shape index (κ1) is 16.1. The number of carbonyl (C=O) groups is 1. The van der Waals surface area contributed by atoms with Crippen molar-refractivity contribution in [3.8, 4) is 0 Å². The number of carbonyl (C=O) groups excluding carboxylic acids is 1. The van der Waals surface area contributed by atoms with Crippen LogP contribution in [0.4, 0.5) is 0 Å². The molecule has 0 heterocycles. The molecular weight excluding hydrogens is 276 g/mol. The van der Waals surface area contributed by atoms with Crippen molar-refractivity contribution in [1.29, 1.82) is 0 Å². The van der Waals surface area contributed by atoms with Gasteiger partial charge >= 0.3 is 0 Å². The number of amides is 1. The largest absolute Gasteiger partial charge is 0.357 e. The van der Waals surface area contributed by atoms with Crippen molar-refractivity contribution in [2.45, 2.75) is 32.4 Å². The van der Waals surface area contributed by atoms with Gasteiger partial charge in [0.25, 0.3) is 5.91 Å². The Kier molecular flexibility index (Phi) is 6.01. The molecule has 0 aliphatic heterocycles. The van der Waals surface area contributed by atoms with E-state index in [0.717, 1.165) is 30.9 Å². The van der Waals surface area contributed by atoms with E-state index in [1.54, 1.807) is 13.1 Å². The van der Waals surface area contributed by atoms with Crippen LogP contribution in [0.5, 0.6) is 0 Å². The van der Waals surface area contributed by atoms with E-state index in [9.17, 15) is 4.79 Å². The molecule has 0 fully saturated rings. The summed E-state index contributed by atoms with van der Waals surface area (Å²) in [5.74, 6) is 0.745. The third-order valence-corrected chi connectivity index (χ3v) is 3.53.